The van der Waals surface area contributed by atoms with Crippen LogP contribution < -0.4 is 0 Å². The largest absolute Gasteiger partial charge is 0.463 e. The van der Waals surface area contributed by atoms with Gasteiger partial charge in [-0.25, -0.2) is 9.59 Å². The molecule has 0 bridgehead atoms. The second-order valence-electron chi connectivity index (χ2n) is 9.79. The number of rotatable bonds is 23. The molecule has 8 heteroatoms. The number of carbonyl (C=O) groups is 3. The van der Waals surface area contributed by atoms with Crippen molar-refractivity contribution in [3.8, 4) is 0 Å². The average Bonchev–Trinajstić information content (AvgIpc) is 2.93. The number of Topliss-reactive ketones (excluding diaryl/α,β-unsaturated/α-hetero) is 1. The summed E-state index contributed by atoms with van der Waals surface area (Å²) in [5.41, 5.74) is 0. The minimum Gasteiger partial charge on any atom is -0.463 e. The van der Waals surface area contributed by atoms with Crippen LogP contribution >= 0.6 is 0 Å². The summed E-state index contributed by atoms with van der Waals surface area (Å²) in [7, 11) is 1.17. The molecule has 242 valence electrons. The summed E-state index contributed by atoms with van der Waals surface area (Å²) in [4.78, 5) is 32.3. The Balaban J connectivity index is -0.000000353. The summed E-state index contributed by atoms with van der Waals surface area (Å²) in [6.45, 7) is 13.5. The predicted molar refractivity (Wildman–Crippen MR) is 164 cm³/mol. The number of ether oxygens (including phenoxy) is 4. The van der Waals surface area contributed by atoms with Gasteiger partial charge in [-0.1, -0.05) is 112 Å². The van der Waals surface area contributed by atoms with Crippen molar-refractivity contribution in [2.45, 2.75) is 157 Å². The van der Waals surface area contributed by atoms with Crippen LogP contribution in [0.4, 0.5) is 0 Å². The summed E-state index contributed by atoms with van der Waals surface area (Å²) in [5, 5.41) is 8.29. The molecule has 0 aliphatic heterocycles. The third-order valence-electron chi connectivity index (χ3n) is 5.84. The van der Waals surface area contributed by atoms with Crippen molar-refractivity contribution in [1.82, 2.24) is 0 Å². The average molecular weight is 579 g/mol. The summed E-state index contributed by atoms with van der Waals surface area (Å²) in [6.07, 6.45) is 17.9. The lowest BCUT2D eigenvalue weighted by atomic mass is 10.2. The van der Waals surface area contributed by atoms with Crippen LogP contribution in [0.25, 0.3) is 0 Å². The standard InChI is InChI=1S/C21H42O4.C6H14O.C4H6O3.CH4/c1-5-8-11-14-17-23-20(22)21(4,24-18-15-12-9-6-2)25-19-16-13-10-7-3;1-2-3-4-5-6-7;1-3(5)4(6)7-2;/h5-19H2,1-4H3;7H,2-6H2,1H3;1-2H3;1H4. The van der Waals surface area contributed by atoms with Gasteiger partial charge in [0.25, 0.3) is 5.79 Å². The number of methoxy groups -OCH3 is 1. The third-order valence-corrected chi connectivity index (χ3v) is 5.84. The zero-order valence-electron chi connectivity index (χ0n) is 26.4. The molecule has 0 saturated carbocycles. The Labute approximate surface area is 247 Å². The Morgan fingerprint density at radius 3 is 1.30 bits per heavy atom. The van der Waals surface area contributed by atoms with Crippen molar-refractivity contribution in [2.75, 3.05) is 33.5 Å². The molecule has 40 heavy (non-hydrogen) atoms. The fourth-order valence-corrected chi connectivity index (χ4v) is 3.26. The lowest BCUT2D eigenvalue weighted by molar-refractivity contribution is -0.241. The van der Waals surface area contributed by atoms with Gasteiger partial charge in [0.15, 0.2) is 0 Å². The highest BCUT2D eigenvalue weighted by molar-refractivity contribution is 6.32. The lowest BCUT2D eigenvalue weighted by Gasteiger charge is -2.28. The van der Waals surface area contributed by atoms with Gasteiger partial charge in [-0.3, -0.25) is 4.79 Å². The maximum Gasteiger partial charge on any atom is 0.374 e. The summed E-state index contributed by atoms with van der Waals surface area (Å²) < 4.78 is 21.1. The first-order chi connectivity index (χ1) is 18.7. The maximum absolute atomic E-state index is 12.5. The summed E-state index contributed by atoms with van der Waals surface area (Å²) in [5.74, 6) is -3.00. The molecular weight excluding hydrogens is 512 g/mol. The van der Waals surface area contributed by atoms with Crippen LogP contribution in [0.2, 0.25) is 0 Å². The highest BCUT2D eigenvalue weighted by Gasteiger charge is 2.37. The van der Waals surface area contributed by atoms with Crippen molar-refractivity contribution in [2.24, 2.45) is 0 Å². The topological polar surface area (TPSA) is 108 Å². The minimum absolute atomic E-state index is 0. The molecule has 0 atom stereocenters. The van der Waals surface area contributed by atoms with Gasteiger partial charge in [0.2, 0.25) is 5.78 Å². The fraction of sp³-hybridized carbons (Fsp3) is 0.906. The number of esters is 2. The Kier molecular flexibility index (Phi) is 40.4. The van der Waals surface area contributed by atoms with Crippen molar-refractivity contribution < 1.29 is 38.4 Å². The smallest absolute Gasteiger partial charge is 0.374 e. The number of aliphatic hydroxyl groups excluding tert-OH is 1. The first-order valence-corrected chi connectivity index (χ1v) is 15.3. The fourth-order valence-electron chi connectivity index (χ4n) is 3.26. The van der Waals surface area contributed by atoms with Gasteiger partial charge in [0, 0.05) is 20.5 Å². The van der Waals surface area contributed by atoms with Gasteiger partial charge < -0.3 is 24.1 Å². The van der Waals surface area contributed by atoms with Crippen LogP contribution in [0.1, 0.15) is 152 Å². The molecule has 0 aliphatic rings. The molecule has 0 aromatic heterocycles. The van der Waals surface area contributed by atoms with Crippen LogP contribution in [0, 0.1) is 0 Å². The van der Waals surface area contributed by atoms with E-state index in [2.05, 4.69) is 32.4 Å². The monoisotopic (exact) mass is 578 g/mol. The molecule has 0 rings (SSSR count). The van der Waals surface area contributed by atoms with Crippen molar-refractivity contribution in [3.05, 3.63) is 0 Å². The molecule has 0 saturated heterocycles. The van der Waals surface area contributed by atoms with Gasteiger partial charge in [-0.2, -0.15) is 0 Å². The van der Waals surface area contributed by atoms with Gasteiger partial charge in [-0.15, -0.1) is 0 Å². The summed E-state index contributed by atoms with van der Waals surface area (Å²) >= 11 is 0. The number of hydrogen-bond acceptors (Lipinski definition) is 8. The lowest BCUT2D eigenvalue weighted by Crippen LogP contribution is -2.43. The van der Waals surface area contributed by atoms with Gasteiger partial charge in [0.05, 0.1) is 26.9 Å². The van der Waals surface area contributed by atoms with E-state index in [0.29, 0.717) is 26.4 Å². The normalized spacial score (nSPS) is 10.3. The van der Waals surface area contributed by atoms with E-state index in [0.717, 1.165) is 51.9 Å². The molecular formula is C32H66O8. The molecule has 0 aromatic rings. The third kappa shape index (κ3) is 32.7. The quantitative estimate of drug-likeness (QED) is 0.0563. The Morgan fingerprint density at radius 1 is 0.625 bits per heavy atom. The number of carbonyl (C=O) groups excluding carboxylic acids is 3. The maximum atomic E-state index is 12.5. The molecule has 0 heterocycles. The second-order valence-corrected chi connectivity index (χ2v) is 9.79. The zero-order chi connectivity index (χ0) is 30.2. The first-order valence-electron chi connectivity index (χ1n) is 15.3. The number of hydrogen-bond donors (Lipinski definition) is 1. The van der Waals surface area contributed by atoms with E-state index in [1.165, 1.54) is 64.9 Å². The molecule has 0 aromatic carbocycles. The Morgan fingerprint density at radius 2 is 1.00 bits per heavy atom. The van der Waals surface area contributed by atoms with E-state index in [-0.39, 0.29) is 13.4 Å². The Bertz CT molecular complexity index is 533. The molecule has 0 amide bonds. The Hall–Kier alpha value is -1.51. The number of aliphatic hydroxyl groups is 1. The number of ketones is 1. The van der Waals surface area contributed by atoms with E-state index in [1.54, 1.807) is 6.92 Å². The van der Waals surface area contributed by atoms with Gasteiger partial charge >= 0.3 is 11.9 Å². The molecule has 1 N–H and O–H groups in total. The van der Waals surface area contributed by atoms with Crippen molar-refractivity contribution in [1.29, 1.82) is 0 Å². The van der Waals surface area contributed by atoms with Gasteiger partial charge in [-0.05, 0) is 25.7 Å². The van der Waals surface area contributed by atoms with Crippen molar-refractivity contribution in [3.63, 3.8) is 0 Å². The second kappa shape index (κ2) is 35.5. The molecule has 0 spiro atoms. The van der Waals surface area contributed by atoms with Gasteiger partial charge in [0.1, 0.15) is 0 Å². The predicted octanol–water partition coefficient (Wildman–Crippen LogP) is 7.96. The SMILES string of the molecule is C.CCCCCCO.CCCCCCOC(=O)C(C)(OCCCCCC)OCCCCCC.COC(=O)C(C)=O. The molecule has 0 unspecified atom stereocenters. The highest BCUT2D eigenvalue weighted by atomic mass is 16.7. The minimum atomic E-state index is -1.26. The van der Waals surface area contributed by atoms with Crippen LogP contribution in [-0.4, -0.2) is 62.2 Å². The van der Waals surface area contributed by atoms with Crippen LogP contribution in [-0.2, 0) is 33.3 Å². The van der Waals surface area contributed by atoms with Crippen LogP contribution in [0.5, 0.6) is 0 Å². The zero-order valence-corrected chi connectivity index (χ0v) is 26.4. The van der Waals surface area contributed by atoms with E-state index in [1.807, 2.05) is 0 Å². The number of unbranched alkanes of at least 4 members (excludes halogenated alkanes) is 12. The molecule has 0 fully saturated rings. The molecule has 0 aliphatic carbocycles. The first kappa shape index (κ1) is 45.5. The van der Waals surface area contributed by atoms with Crippen LogP contribution in [0.15, 0.2) is 0 Å². The molecule has 0 radical (unpaired) electrons. The van der Waals surface area contributed by atoms with E-state index in [9.17, 15) is 14.4 Å². The van der Waals surface area contributed by atoms with Crippen LogP contribution in [0.3, 0.4) is 0 Å². The van der Waals surface area contributed by atoms with E-state index < -0.39 is 17.5 Å². The van der Waals surface area contributed by atoms with E-state index in [4.69, 9.17) is 19.3 Å². The highest BCUT2D eigenvalue weighted by Crippen LogP contribution is 2.18. The van der Waals surface area contributed by atoms with Crippen molar-refractivity contribution >= 4 is 17.7 Å². The van der Waals surface area contributed by atoms with E-state index >= 15 is 0 Å². The summed E-state index contributed by atoms with van der Waals surface area (Å²) in [6, 6.07) is 0. The molecule has 8 nitrogen and oxygen atoms in total.